The lowest BCUT2D eigenvalue weighted by Crippen LogP contribution is -2.51. The van der Waals surface area contributed by atoms with Crippen molar-refractivity contribution in [3.8, 4) is 0 Å². The normalized spacial score (nSPS) is 24.5. The van der Waals surface area contributed by atoms with Crippen LogP contribution >= 0.6 is 11.3 Å². The first-order valence-electron chi connectivity index (χ1n) is 12.1. The molecule has 2 atom stereocenters. The SMILES string of the molecule is CCOC(=O)c1c(C2CC2)csc1NC(=O)CN1CCC(C(=O)N2CC(C)OC(C)C2)CC1. The lowest BCUT2D eigenvalue weighted by atomic mass is 9.94. The number of amides is 2. The zero-order chi connectivity index (χ0) is 23.5. The molecule has 0 spiro atoms. The van der Waals surface area contributed by atoms with Gasteiger partial charge in [-0.25, -0.2) is 4.79 Å². The number of piperidine rings is 1. The Morgan fingerprint density at radius 3 is 2.39 bits per heavy atom. The van der Waals surface area contributed by atoms with Crippen LogP contribution in [0.3, 0.4) is 0 Å². The predicted octanol–water partition coefficient (Wildman–Crippen LogP) is 3.09. The smallest absolute Gasteiger partial charge is 0.341 e. The van der Waals surface area contributed by atoms with Gasteiger partial charge in [0.2, 0.25) is 11.8 Å². The molecule has 1 aliphatic carbocycles. The van der Waals surface area contributed by atoms with Gasteiger partial charge in [-0.2, -0.15) is 0 Å². The number of nitrogens with zero attached hydrogens (tertiary/aromatic N) is 2. The first-order chi connectivity index (χ1) is 15.9. The van der Waals surface area contributed by atoms with Gasteiger partial charge in [0.1, 0.15) is 5.00 Å². The molecule has 1 saturated carbocycles. The first kappa shape index (κ1) is 24.2. The summed E-state index contributed by atoms with van der Waals surface area (Å²) in [5, 5.41) is 5.50. The third-order valence-corrected chi connectivity index (χ3v) is 7.52. The highest BCUT2D eigenvalue weighted by atomic mass is 32.1. The Bertz CT molecular complexity index is 865. The van der Waals surface area contributed by atoms with Crippen LogP contribution in [0, 0.1) is 5.92 Å². The van der Waals surface area contributed by atoms with Crippen LogP contribution in [0.2, 0.25) is 0 Å². The molecule has 8 nitrogen and oxygen atoms in total. The highest BCUT2D eigenvalue weighted by molar-refractivity contribution is 7.15. The Kier molecular flexibility index (Phi) is 7.71. The minimum absolute atomic E-state index is 0.00984. The van der Waals surface area contributed by atoms with E-state index in [1.54, 1.807) is 6.92 Å². The van der Waals surface area contributed by atoms with Gasteiger partial charge in [0.15, 0.2) is 0 Å². The van der Waals surface area contributed by atoms with E-state index in [9.17, 15) is 14.4 Å². The van der Waals surface area contributed by atoms with E-state index in [0.29, 0.717) is 49.3 Å². The lowest BCUT2D eigenvalue weighted by Gasteiger charge is -2.39. The van der Waals surface area contributed by atoms with Crippen molar-refractivity contribution in [2.24, 2.45) is 5.92 Å². The summed E-state index contributed by atoms with van der Waals surface area (Å²) in [7, 11) is 0. The van der Waals surface area contributed by atoms with Crippen molar-refractivity contribution >= 4 is 34.1 Å². The number of anilines is 1. The fourth-order valence-corrected chi connectivity index (χ4v) is 5.94. The number of morpholine rings is 1. The van der Waals surface area contributed by atoms with E-state index in [-0.39, 0.29) is 42.5 Å². The summed E-state index contributed by atoms with van der Waals surface area (Å²) in [4.78, 5) is 42.2. The standard InChI is InChI=1S/C24H35N3O5S/c1-4-31-24(30)21-19(17-5-6-17)14-33-22(21)25-20(28)13-26-9-7-18(8-10-26)23(29)27-11-15(2)32-16(3)12-27/h14-18H,4-13H2,1-3H3,(H,25,28). The van der Waals surface area contributed by atoms with E-state index in [1.165, 1.54) is 11.3 Å². The highest BCUT2D eigenvalue weighted by Gasteiger charge is 2.34. The van der Waals surface area contributed by atoms with Crippen LogP contribution in [0.25, 0.3) is 0 Å². The zero-order valence-corrected chi connectivity index (χ0v) is 20.6. The number of rotatable bonds is 7. The number of carbonyl (C=O) groups is 3. The van der Waals surface area contributed by atoms with Gasteiger partial charge < -0.3 is 19.7 Å². The molecule has 182 valence electrons. The van der Waals surface area contributed by atoms with E-state index in [0.717, 1.165) is 31.2 Å². The summed E-state index contributed by atoms with van der Waals surface area (Å²) in [5.41, 5.74) is 1.52. The van der Waals surface area contributed by atoms with Crippen molar-refractivity contribution in [3.05, 3.63) is 16.5 Å². The molecule has 4 rings (SSSR count). The van der Waals surface area contributed by atoms with Crippen LogP contribution in [0.15, 0.2) is 5.38 Å². The maximum absolute atomic E-state index is 13.0. The molecule has 2 unspecified atom stereocenters. The van der Waals surface area contributed by atoms with E-state index >= 15 is 0 Å². The number of hydrogen-bond acceptors (Lipinski definition) is 7. The molecule has 2 saturated heterocycles. The van der Waals surface area contributed by atoms with Crippen LogP contribution in [0.4, 0.5) is 5.00 Å². The molecule has 2 aliphatic heterocycles. The highest BCUT2D eigenvalue weighted by Crippen LogP contribution is 2.46. The maximum Gasteiger partial charge on any atom is 0.341 e. The number of likely N-dealkylation sites (tertiary alicyclic amines) is 1. The summed E-state index contributed by atoms with van der Waals surface area (Å²) in [5.74, 6) is 0.134. The maximum atomic E-state index is 13.0. The molecule has 1 N–H and O–H groups in total. The second kappa shape index (κ2) is 10.5. The molecule has 1 aromatic heterocycles. The molecule has 3 aliphatic rings. The molecule has 3 heterocycles. The number of esters is 1. The quantitative estimate of drug-likeness (QED) is 0.607. The molecule has 0 radical (unpaired) electrons. The summed E-state index contributed by atoms with van der Waals surface area (Å²) >= 11 is 1.40. The van der Waals surface area contributed by atoms with E-state index in [2.05, 4.69) is 10.2 Å². The predicted molar refractivity (Wildman–Crippen MR) is 127 cm³/mol. The Balaban J connectivity index is 1.28. The summed E-state index contributed by atoms with van der Waals surface area (Å²) in [6, 6.07) is 0. The number of ether oxygens (including phenoxy) is 2. The van der Waals surface area contributed by atoms with Gasteiger partial charge in [0.05, 0.1) is 30.9 Å². The third-order valence-electron chi connectivity index (χ3n) is 6.60. The van der Waals surface area contributed by atoms with Crippen molar-refractivity contribution in [3.63, 3.8) is 0 Å². The molecule has 1 aromatic rings. The van der Waals surface area contributed by atoms with Gasteiger partial charge in [-0.3, -0.25) is 14.5 Å². The summed E-state index contributed by atoms with van der Waals surface area (Å²) in [6.07, 6.45) is 3.80. The Hall–Kier alpha value is -1.97. The zero-order valence-electron chi connectivity index (χ0n) is 19.8. The second-order valence-electron chi connectivity index (χ2n) is 9.49. The number of nitrogens with one attached hydrogen (secondary N) is 1. The van der Waals surface area contributed by atoms with Crippen LogP contribution in [0.5, 0.6) is 0 Å². The fourth-order valence-electron chi connectivity index (χ4n) is 4.90. The monoisotopic (exact) mass is 477 g/mol. The van der Waals surface area contributed by atoms with E-state index in [1.807, 2.05) is 24.1 Å². The lowest BCUT2D eigenvalue weighted by molar-refractivity contribution is -0.148. The molecule has 0 aromatic carbocycles. The van der Waals surface area contributed by atoms with E-state index < -0.39 is 0 Å². The molecular weight excluding hydrogens is 442 g/mol. The van der Waals surface area contributed by atoms with Gasteiger partial charge >= 0.3 is 5.97 Å². The number of carbonyl (C=O) groups excluding carboxylic acids is 3. The van der Waals surface area contributed by atoms with Crippen LogP contribution in [0.1, 0.15) is 68.3 Å². The summed E-state index contributed by atoms with van der Waals surface area (Å²) < 4.78 is 11.0. The topological polar surface area (TPSA) is 88.2 Å². The minimum Gasteiger partial charge on any atom is -0.462 e. The Morgan fingerprint density at radius 2 is 1.79 bits per heavy atom. The Morgan fingerprint density at radius 1 is 1.12 bits per heavy atom. The molecule has 0 bridgehead atoms. The van der Waals surface area contributed by atoms with Crippen molar-refractivity contribution in [2.45, 2.75) is 64.6 Å². The largest absolute Gasteiger partial charge is 0.462 e. The molecule has 33 heavy (non-hydrogen) atoms. The Labute approximate surface area is 199 Å². The summed E-state index contributed by atoms with van der Waals surface area (Å²) in [6.45, 7) is 9.08. The van der Waals surface area contributed by atoms with Crippen molar-refractivity contribution in [2.75, 3.05) is 44.6 Å². The number of hydrogen-bond donors (Lipinski definition) is 1. The van der Waals surface area contributed by atoms with Gasteiger partial charge in [0, 0.05) is 19.0 Å². The average molecular weight is 478 g/mol. The third kappa shape index (κ3) is 5.94. The van der Waals surface area contributed by atoms with Crippen LogP contribution in [-0.4, -0.2) is 79.1 Å². The molecule has 9 heteroatoms. The van der Waals surface area contributed by atoms with Crippen LogP contribution < -0.4 is 5.32 Å². The fraction of sp³-hybridized carbons (Fsp3) is 0.708. The van der Waals surface area contributed by atoms with Crippen molar-refractivity contribution < 1.29 is 23.9 Å². The second-order valence-corrected chi connectivity index (χ2v) is 10.4. The van der Waals surface area contributed by atoms with Crippen molar-refractivity contribution in [1.82, 2.24) is 9.80 Å². The minimum atomic E-state index is -0.359. The molecule has 3 fully saturated rings. The molecule has 2 amide bonds. The van der Waals surface area contributed by atoms with Crippen molar-refractivity contribution in [1.29, 1.82) is 0 Å². The van der Waals surface area contributed by atoms with E-state index in [4.69, 9.17) is 9.47 Å². The van der Waals surface area contributed by atoms with Gasteiger partial charge in [-0.15, -0.1) is 11.3 Å². The average Bonchev–Trinajstić information content (AvgIpc) is 3.53. The first-order valence-corrected chi connectivity index (χ1v) is 13.0. The van der Waals surface area contributed by atoms with Gasteiger partial charge in [0.25, 0.3) is 0 Å². The van der Waals surface area contributed by atoms with Gasteiger partial charge in [-0.1, -0.05) is 0 Å². The van der Waals surface area contributed by atoms with Crippen LogP contribution in [-0.2, 0) is 19.1 Å². The molecular formula is C24H35N3O5S. The van der Waals surface area contributed by atoms with Gasteiger partial charge in [-0.05, 0) is 76.4 Å². The number of thiophene rings is 1.